The predicted octanol–water partition coefficient (Wildman–Crippen LogP) is -1.33. The van der Waals surface area contributed by atoms with Crippen molar-refractivity contribution in [2.24, 2.45) is 0 Å². The summed E-state index contributed by atoms with van der Waals surface area (Å²) in [6.45, 7) is 0. The molecule has 1 fully saturated rings. The monoisotopic (exact) mass is 174 g/mol. The van der Waals surface area contributed by atoms with Crippen LogP contribution in [0.3, 0.4) is 0 Å². The molecule has 8 nitrogen and oxygen atoms in total. The van der Waals surface area contributed by atoms with Gasteiger partial charge in [-0.2, -0.15) is 0 Å². The van der Waals surface area contributed by atoms with Crippen LogP contribution in [0.2, 0.25) is 0 Å². The van der Waals surface area contributed by atoms with Crippen LogP contribution in [0.25, 0.3) is 0 Å². The first-order valence-electron chi connectivity index (χ1n) is 2.62. The van der Waals surface area contributed by atoms with E-state index in [2.05, 4.69) is 4.84 Å². The molecule has 1 aliphatic heterocycles. The Morgan fingerprint density at radius 3 is 2.33 bits per heavy atom. The van der Waals surface area contributed by atoms with E-state index in [9.17, 15) is 19.2 Å². The minimum absolute atomic E-state index is 0.176. The van der Waals surface area contributed by atoms with Gasteiger partial charge in [0.25, 0.3) is 0 Å². The van der Waals surface area contributed by atoms with Crippen molar-refractivity contribution < 1.29 is 29.1 Å². The number of imide groups is 2. The molecule has 8 heteroatoms. The molecule has 0 saturated carbocycles. The molecule has 0 radical (unpaired) electrons. The molecule has 0 bridgehead atoms. The molecule has 0 aromatic rings. The molecule has 64 valence electrons. The third kappa shape index (κ3) is 1.17. The molecular formula is C4H2N2O6. The molecule has 1 heterocycles. The van der Waals surface area contributed by atoms with Crippen molar-refractivity contribution >= 4 is 24.0 Å². The number of carboxylic acid groups (broad SMARTS) is 1. The van der Waals surface area contributed by atoms with E-state index in [-0.39, 0.29) is 5.06 Å². The Balaban J connectivity index is 2.77. The molecule has 0 unspecified atom stereocenters. The van der Waals surface area contributed by atoms with E-state index in [1.165, 1.54) is 5.32 Å². The quantitative estimate of drug-likeness (QED) is 0.376. The molecule has 1 saturated heterocycles. The van der Waals surface area contributed by atoms with Crippen molar-refractivity contribution in [2.75, 3.05) is 0 Å². The first-order chi connectivity index (χ1) is 5.52. The highest BCUT2D eigenvalue weighted by molar-refractivity contribution is 6.44. The van der Waals surface area contributed by atoms with Gasteiger partial charge >= 0.3 is 24.0 Å². The first-order valence-corrected chi connectivity index (χ1v) is 2.62. The lowest BCUT2D eigenvalue weighted by atomic mass is 10.6. The molecule has 4 amide bonds. The fourth-order valence-electron chi connectivity index (χ4n) is 0.547. The first kappa shape index (κ1) is 7.98. The summed E-state index contributed by atoms with van der Waals surface area (Å²) >= 11 is 0. The van der Waals surface area contributed by atoms with Crippen molar-refractivity contribution in [3.05, 3.63) is 0 Å². The third-order valence-corrected chi connectivity index (χ3v) is 0.953. The number of rotatable bonds is 1. The second-order valence-electron chi connectivity index (χ2n) is 1.72. The van der Waals surface area contributed by atoms with Crippen molar-refractivity contribution in [1.82, 2.24) is 10.4 Å². The lowest BCUT2D eigenvalue weighted by Gasteiger charge is -2.05. The van der Waals surface area contributed by atoms with E-state index in [4.69, 9.17) is 5.11 Å². The van der Waals surface area contributed by atoms with Gasteiger partial charge < -0.3 is 5.11 Å². The van der Waals surface area contributed by atoms with Crippen LogP contribution in [-0.2, 0) is 14.4 Å². The van der Waals surface area contributed by atoms with Crippen LogP contribution in [0.4, 0.5) is 9.59 Å². The largest absolute Gasteiger partial charge is 0.531 e. The average molecular weight is 174 g/mol. The third-order valence-electron chi connectivity index (χ3n) is 0.953. The van der Waals surface area contributed by atoms with Gasteiger partial charge in [0, 0.05) is 0 Å². The van der Waals surface area contributed by atoms with Gasteiger partial charge in [0.1, 0.15) is 0 Å². The van der Waals surface area contributed by atoms with Crippen LogP contribution in [0.5, 0.6) is 0 Å². The molecule has 1 rings (SSSR count). The molecule has 0 aromatic carbocycles. The Morgan fingerprint density at radius 2 is 2.00 bits per heavy atom. The Morgan fingerprint density at radius 1 is 1.42 bits per heavy atom. The number of urea groups is 1. The van der Waals surface area contributed by atoms with E-state index in [0.717, 1.165) is 0 Å². The second-order valence-corrected chi connectivity index (χ2v) is 1.72. The molecular weight excluding hydrogens is 172 g/mol. The van der Waals surface area contributed by atoms with E-state index in [1.54, 1.807) is 0 Å². The minimum atomic E-state index is -1.85. The van der Waals surface area contributed by atoms with E-state index in [1.807, 2.05) is 0 Å². The van der Waals surface area contributed by atoms with Crippen LogP contribution in [0, 0.1) is 0 Å². The summed E-state index contributed by atoms with van der Waals surface area (Å²) in [4.78, 5) is 45.0. The number of amides is 4. The summed E-state index contributed by atoms with van der Waals surface area (Å²) in [5.41, 5.74) is 0. The molecule has 0 aliphatic carbocycles. The van der Waals surface area contributed by atoms with E-state index >= 15 is 0 Å². The Bertz CT molecular complexity index is 283. The molecule has 2 N–H and O–H groups in total. The summed E-state index contributed by atoms with van der Waals surface area (Å²) in [7, 11) is 0. The van der Waals surface area contributed by atoms with Gasteiger partial charge in [-0.1, -0.05) is 5.06 Å². The Labute approximate surface area is 64.6 Å². The van der Waals surface area contributed by atoms with E-state index < -0.39 is 24.0 Å². The molecule has 12 heavy (non-hydrogen) atoms. The number of hydrogen-bond donors (Lipinski definition) is 2. The topological polar surface area (TPSA) is 113 Å². The maximum atomic E-state index is 10.6. The van der Waals surface area contributed by atoms with Gasteiger partial charge in [-0.15, -0.1) is 0 Å². The van der Waals surface area contributed by atoms with Gasteiger partial charge in [0.05, 0.1) is 0 Å². The smallest absolute Gasteiger partial charge is 0.448 e. The highest BCUT2D eigenvalue weighted by Crippen LogP contribution is 2.00. The summed E-state index contributed by atoms with van der Waals surface area (Å²) in [6.07, 6.45) is -1.85. The molecule has 0 aromatic heterocycles. The lowest BCUT2D eigenvalue weighted by Crippen LogP contribution is -2.33. The van der Waals surface area contributed by atoms with Crippen LogP contribution in [0.15, 0.2) is 0 Å². The fourth-order valence-corrected chi connectivity index (χ4v) is 0.547. The van der Waals surface area contributed by atoms with Crippen molar-refractivity contribution in [2.45, 2.75) is 0 Å². The summed E-state index contributed by atoms with van der Waals surface area (Å²) in [5, 5.41) is 9.34. The number of nitrogens with zero attached hydrogens (tertiary/aromatic N) is 1. The Hall–Kier alpha value is -2.12. The van der Waals surface area contributed by atoms with Crippen molar-refractivity contribution in [1.29, 1.82) is 0 Å². The van der Waals surface area contributed by atoms with E-state index in [0.29, 0.717) is 0 Å². The van der Waals surface area contributed by atoms with Crippen molar-refractivity contribution in [3.8, 4) is 0 Å². The number of nitrogens with one attached hydrogen (secondary N) is 1. The van der Waals surface area contributed by atoms with Crippen LogP contribution in [-0.4, -0.2) is 34.2 Å². The summed E-state index contributed by atoms with van der Waals surface area (Å²) in [6, 6.07) is -1.22. The SMILES string of the molecule is O=C(O)ON1C(=O)NC(=O)C1=O. The highest BCUT2D eigenvalue weighted by Gasteiger charge is 2.40. The Kier molecular flexibility index (Phi) is 1.66. The van der Waals surface area contributed by atoms with Crippen molar-refractivity contribution in [3.63, 3.8) is 0 Å². The van der Waals surface area contributed by atoms with Gasteiger partial charge in [0.15, 0.2) is 0 Å². The second kappa shape index (κ2) is 2.49. The minimum Gasteiger partial charge on any atom is -0.448 e. The standard InChI is InChI=1S/C4H2N2O6/c7-1-2(8)6(3(9)5-1)12-4(10)11/h(H,10,11)(H,5,7,9). The molecule has 0 atom stereocenters. The maximum Gasteiger partial charge on any atom is 0.531 e. The molecule has 1 aliphatic rings. The summed E-state index contributed by atoms with van der Waals surface area (Å²) in [5.74, 6) is -2.58. The van der Waals surface area contributed by atoms with Crippen LogP contribution >= 0.6 is 0 Å². The average Bonchev–Trinajstić information content (AvgIpc) is 2.16. The highest BCUT2D eigenvalue weighted by atomic mass is 16.8. The lowest BCUT2D eigenvalue weighted by molar-refractivity contribution is -0.157. The summed E-state index contributed by atoms with van der Waals surface area (Å²) < 4.78 is 0. The zero-order valence-corrected chi connectivity index (χ0v) is 5.44. The fraction of sp³-hybridized carbons (Fsp3) is 0. The number of carbonyl (C=O) groups excluding carboxylic acids is 3. The van der Waals surface area contributed by atoms with Gasteiger partial charge in [-0.05, 0) is 0 Å². The zero-order chi connectivity index (χ0) is 9.30. The predicted molar refractivity (Wildman–Crippen MR) is 29.5 cm³/mol. The molecule has 0 spiro atoms. The number of hydroxylamine groups is 2. The van der Waals surface area contributed by atoms with Gasteiger partial charge in [-0.3, -0.25) is 19.7 Å². The normalized spacial score (nSPS) is 16.3. The maximum absolute atomic E-state index is 10.6. The van der Waals surface area contributed by atoms with Gasteiger partial charge in [-0.25, -0.2) is 9.59 Å². The number of hydrogen-bond acceptors (Lipinski definition) is 5. The van der Waals surface area contributed by atoms with Crippen LogP contribution < -0.4 is 5.32 Å². The van der Waals surface area contributed by atoms with Crippen LogP contribution in [0.1, 0.15) is 0 Å². The van der Waals surface area contributed by atoms with Gasteiger partial charge in [0.2, 0.25) is 0 Å². The zero-order valence-electron chi connectivity index (χ0n) is 5.44. The number of carbonyl (C=O) groups is 4.